The van der Waals surface area contributed by atoms with Crippen molar-refractivity contribution in [2.75, 3.05) is 0 Å². The predicted octanol–water partition coefficient (Wildman–Crippen LogP) is 16.1. The van der Waals surface area contributed by atoms with Crippen LogP contribution in [0.3, 0.4) is 0 Å². The van der Waals surface area contributed by atoms with Crippen LogP contribution < -0.4 is 0 Å². The lowest BCUT2D eigenvalue weighted by molar-refractivity contribution is 0.172. The Morgan fingerprint density at radius 1 is 0.348 bits per heavy atom. The number of aryl methyl sites for hydroxylation is 3. The summed E-state index contributed by atoms with van der Waals surface area (Å²) in [6.45, 7) is 0. The Bertz CT molecular complexity index is 3110. The Balaban J connectivity index is 0.919. The number of hydrogen-bond donors (Lipinski definition) is 0. The summed E-state index contributed by atoms with van der Waals surface area (Å²) in [4.78, 5) is 14.6. The van der Waals surface area contributed by atoms with E-state index in [1.807, 2.05) is 104 Å². The van der Waals surface area contributed by atoms with E-state index in [1.54, 1.807) is 0 Å². The zero-order valence-electron chi connectivity index (χ0n) is 41.3. The van der Waals surface area contributed by atoms with Crippen molar-refractivity contribution in [1.82, 2.24) is 15.0 Å². The maximum absolute atomic E-state index is 9.96. The van der Waals surface area contributed by atoms with Gasteiger partial charge in [-0.25, -0.2) is 0 Å². The third-order valence-corrected chi connectivity index (χ3v) is 13.2. The van der Waals surface area contributed by atoms with Crippen LogP contribution in [0, 0.1) is 17.8 Å². The van der Waals surface area contributed by atoms with Gasteiger partial charge in [0, 0.05) is 40.8 Å². The minimum atomic E-state index is -1.64. The summed E-state index contributed by atoms with van der Waals surface area (Å²) in [6.07, 6.45) is 6.26. The summed E-state index contributed by atoms with van der Waals surface area (Å²) in [6, 6.07) is 68.3. The van der Waals surface area contributed by atoms with Gasteiger partial charge in [0.05, 0.1) is 17.1 Å². The van der Waals surface area contributed by atoms with Crippen molar-refractivity contribution in [2.45, 2.75) is 57.7 Å². The van der Waals surface area contributed by atoms with Gasteiger partial charge in [0.2, 0.25) is 0 Å². The fourth-order valence-corrected chi connectivity index (χ4v) is 9.57. The highest BCUT2D eigenvalue weighted by molar-refractivity contribution is 5.76. The van der Waals surface area contributed by atoms with E-state index in [2.05, 4.69) is 115 Å². The Hall–Kier alpha value is -7.23. The molecule has 324 valence electrons. The SMILES string of the molecule is [2H]C([2H])(Cc1ccc(-c2cccc(-c3ccccc3)c2)nc1)C1CC(CCc2ccc(-c3ccccc3)nc2)CC(C([2H])([2H])Cc2cnc(-c3ccccc3)cc2-c2ccc(-c3ccccc3)cc2)C1. The Morgan fingerprint density at radius 3 is 1.41 bits per heavy atom. The van der Waals surface area contributed by atoms with E-state index in [0.717, 1.165) is 96.7 Å². The van der Waals surface area contributed by atoms with E-state index >= 15 is 0 Å². The smallest absolute Gasteiger partial charge is 0.0708 e. The average molecular weight is 860 g/mol. The number of pyridine rings is 3. The molecule has 0 aliphatic heterocycles. The van der Waals surface area contributed by atoms with E-state index in [4.69, 9.17) is 15.0 Å². The molecule has 3 unspecified atom stereocenters. The van der Waals surface area contributed by atoms with Crippen LogP contribution in [0.2, 0.25) is 0 Å². The molecule has 10 rings (SSSR count). The van der Waals surface area contributed by atoms with Crippen molar-refractivity contribution in [1.29, 1.82) is 0 Å². The first-order chi connectivity index (χ1) is 34.1. The molecule has 1 aliphatic rings. The van der Waals surface area contributed by atoms with E-state index in [-0.39, 0.29) is 30.6 Å². The topological polar surface area (TPSA) is 38.7 Å². The Morgan fingerprint density at radius 2 is 0.803 bits per heavy atom. The van der Waals surface area contributed by atoms with Crippen LogP contribution >= 0.6 is 0 Å². The fourth-order valence-electron chi connectivity index (χ4n) is 9.57. The van der Waals surface area contributed by atoms with Crippen LogP contribution in [0.4, 0.5) is 0 Å². The van der Waals surface area contributed by atoms with Gasteiger partial charge in [-0.1, -0.05) is 176 Å². The van der Waals surface area contributed by atoms with Crippen molar-refractivity contribution in [3.63, 3.8) is 0 Å². The lowest BCUT2D eigenvalue weighted by Crippen LogP contribution is -2.24. The molecule has 6 aromatic carbocycles. The minimum Gasteiger partial charge on any atom is -0.256 e. The van der Waals surface area contributed by atoms with Crippen molar-refractivity contribution in [3.05, 3.63) is 235 Å². The minimum absolute atomic E-state index is 0.128. The summed E-state index contributed by atoms with van der Waals surface area (Å²) in [5, 5.41) is 0. The number of benzene rings is 6. The molecule has 0 amide bonds. The Kier molecular flexibility index (Phi) is 12.0. The van der Waals surface area contributed by atoms with Gasteiger partial charge in [-0.2, -0.15) is 0 Å². The zero-order chi connectivity index (χ0) is 47.9. The molecule has 1 aliphatic carbocycles. The van der Waals surface area contributed by atoms with Gasteiger partial charge in [0.15, 0.2) is 0 Å². The zero-order valence-corrected chi connectivity index (χ0v) is 37.3. The van der Waals surface area contributed by atoms with Crippen LogP contribution in [0.15, 0.2) is 219 Å². The summed E-state index contributed by atoms with van der Waals surface area (Å²) >= 11 is 0. The first kappa shape index (κ1) is 38.1. The molecule has 0 spiro atoms. The average Bonchev–Trinajstić information content (AvgIpc) is 3.41. The van der Waals surface area contributed by atoms with Crippen molar-refractivity contribution >= 4 is 0 Å². The van der Waals surface area contributed by atoms with Gasteiger partial charge >= 0.3 is 0 Å². The second-order valence-electron chi connectivity index (χ2n) is 17.7. The maximum Gasteiger partial charge on any atom is 0.0708 e. The first-order valence-corrected chi connectivity index (χ1v) is 23.4. The molecule has 1 saturated carbocycles. The summed E-state index contributed by atoms with van der Waals surface area (Å²) < 4.78 is 39.4. The Labute approximate surface area is 397 Å². The molecule has 0 radical (unpaired) electrons. The number of aromatic nitrogens is 3. The van der Waals surface area contributed by atoms with Gasteiger partial charge in [-0.15, -0.1) is 0 Å². The van der Waals surface area contributed by atoms with Gasteiger partial charge in [-0.3, -0.25) is 15.0 Å². The largest absolute Gasteiger partial charge is 0.256 e. The van der Waals surface area contributed by atoms with Crippen LogP contribution in [0.5, 0.6) is 0 Å². The molecule has 3 atom stereocenters. The molecular formula is C63H57N3. The maximum atomic E-state index is 9.96. The summed E-state index contributed by atoms with van der Waals surface area (Å²) in [5.41, 5.74) is 15.0. The molecule has 3 heteroatoms. The molecule has 0 N–H and O–H groups in total. The highest BCUT2D eigenvalue weighted by Crippen LogP contribution is 2.41. The van der Waals surface area contributed by atoms with E-state index in [9.17, 15) is 5.48 Å². The summed E-state index contributed by atoms with van der Waals surface area (Å²) in [7, 11) is 0. The second-order valence-corrected chi connectivity index (χ2v) is 17.7. The normalized spacial score (nSPS) is 17.2. The molecule has 0 saturated heterocycles. The van der Waals surface area contributed by atoms with Crippen molar-refractivity contribution < 1.29 is 5.48 Å². The molecule has 3 nitrogen and oxygen atoms in total. The molecular weight excluding hydrogens is 799 g/mol. The number of rotatable bonds is 15. The molecule has 1 fully saturated rings. The number of hydrogen-bond acceptors (Lipinski definition) is 3. The highest BCUT2D eigenvalue weighted by Gasteiger charge is 2.29. The van der Waals surface area contributed by atoms with Gasteiger partial charge in [0.25, 0.3) is 0 Å². The van der Waals surface area contributed by atoms with E-state index in [1.165, 1.54) is 0 Å². The molecule has 9 aromatic rings. The van der Waals surface area contributed by atoms with Crippen LogP contribution in [0.1, 0.15) is 60.6 Å². The lowest BCUT2D eigenvalue weighted by Gasteiger charge is -2.35. The van der Waals surface area contributed by atoms with Crippen LogP contribution in [0.25, 0.3) is 67.2 Å². The molecule has 3 aromatic heterocycles. The second kappa shape index (κ2) is 20.7. The lowest BCUT2D eigenvalue weighted by atomic mass is 9.70. The molecule has 0 bridgehead atoms. The third kappa shape index (κ3) is 10.6. The van der Waals surface area contributed by atoms with E-state index < -0.39 is 12.7 Å². The summed E-state index contributed by atoms with van der Waals surface area (Å²) in [5.74, 6) is -0.594. The highest BCUT2D eigenvalue weighted by atomic mass is 14.7. The standard InChI is InChI=1S/C63H57N3/c1-5-14-51(15-6-1)53-32-34-54(35-33-53)60-42-63(56-20-11-4-12-21-56)66-45-59(60)31-28-50-39-48(26-24-46-29-36-61(64-43-46)55-18-9-3-10-19-55)38-49(40-50)27-25-47-30-37-62(65-44-47)58-23-13-22-57(41-58)52-16-7-2-8-17-52/h1-23,29-30,32-37,41-45,48-50H,24-28,31,38-40H2/i27D2,28D2. The van der Waals surface area contributed by atoms with Crippen LogP contribution in [-0.2, 0) is 19.3 Å². The van der Waals surface area contributed by atoms with E-state index in [0.29, 0.717) is 19.3 Å². The van der Waals surface area contributed by atoms with Crippen molar-refractivity contribution in [3.8, 4) is 67.2 Å². The van der Waals surface area contributed by atoms with Gasteiger partial charge in [-0.05, 0) is 150 Å². The quantitative estimate of drug-likeness (QED) is 0.103. The molecule has 66 heavy (non-hydrogen) atoms. The van der Waals surface area contributed by atoms with Crippen molar-refractivity contribution in [2.24, 2.45) is 17.8 Å². The van der Waals surface area contributed by atoms with Gasteiger partial charge in [0.1, 0.15) is 0 Å². The van der Waals surface area contributed by atoms with Gasteiger partial charge < -0.3 is 0 Å². The monoisotopic (exact) mass is 859 g/mol. The predicted molar refractivity (Wildman–Crippen MR) is 275 cm³/mol. The van der Waals surface area contributed by atoms with Crippen LogP contribution in [-0.4, -0.2) is 15.0 Å². The molecule has 3 heterocycles. The third-order valence-electron chi connectivity index (χ3n) is 13.2. The first-order valence-electron chi connectivity index (χ1n) is 25.4. The number of nitrogens with zero attached hydrogens (tertiary/aromatic N) is 3. The fraction of sp³-hybridized carbons (Fsp3) is 0.190.